The van der Waals surface area contributed by atoms with Gasteiger partial charge in [0.05, 0.1) is 0 Å². The maximum Gasteiger partial charge on any atom is 0.249 e. The van der Waals surface area contributed by atoms with E-state index in [2.05, 4.69) is 12.2 Å². The first-order chi connectivity index (χ1) is 8.00. The molecule has 1 heterocycles. The van der Waals surface area contributed by atoms with Gasteiger partial charge in [-0.25, -0.2) is 0 Å². The zero-order chi connectivity index (χ0) is 12.6. The highest BCUT2D eigenvalue weighted by Gasteiger charge is 2.39. The van der Waals surface area contributed by atoms with Crippen LogP contribution in [0.4, 0.5) is 0 Å². The quantitative estimate of drug-likeness (QED) is 0.668. The highest BCUT2D eigenvalue weighted by Crippen LogP contribution is 2.33. The van der Waals surface area contributed by atoms with Gasteiger partial charge in [-0.3, -0.25) is 19.7 Å². The first-order valence-electron chi connectivity index (χ1n) is 6.15. The van der Waals surface area contributed by atoms with Crippen molar-refractivity contribution in [1.29, 1.82) is 0 Å². The topological polar surface area (TPSA) is 66.5 Å². The molecule has 1 saturated heterocycles. The molecule has 2 rings (SSSR count). The number of rotatable bonds is 1. The largest absolute Gasteiger partial charge is 0.321 e. The van der Waals surface area contributed by atoms with Gasteiger partial charge in [-0.1, -0.05) is 13.3 Å². The molecule has 1 aliphatic carbocycles. The molecule has 17 heavy (non-hydrogen) atoms. The minimum Gasteiger partial charge on any atom is -0.321 e. The van der Waals surface area contributed by atoms with E-state index in [1.54, 1.807) is 6.92 Å². The normalized spacial score (nSPS) is 33.8. The van der Waals surface area contributed by atoms with Gasteiger partial charge in [-0.2, -0.15) is 0 Å². The highest BCUT2D eigenvalue weighted by atomic mass is 16.2. The maximum atomic E-state index is 12.3. The molecule has 0 radical (unpaired) electrons. The van der Waals surface area contributed by atoms with E-state index in [0.717, 1.165) is 19.3 Å². The van der Waals surface area contributed by atoms with Crippen molar-refractivity contribution in [2.24, 2.45) is 11.8 Å². The number of imide groups is 1. The molecule has 3 amide bonds. The fraction of sp³-hybridized carbons (Fsp3) is 0.750. The molecule has 1 N–H and O–H groups in total. The first-order valence-corrected chi connectivity index (χ1v) is 6.15. The highest BCUT2D eigenvalue weighted by molar-refractivity contribution is 6.04. The Morgan fingerprint density at radius 2 is 2.00 bits per heavy atom. The molecule has 0 aromatic carbocycles. The Labute approximate surface area is 101 Å². The monoisotopic (exact) mass is 238 g/mol. The van der Waals surface area contributed by atoms with Crippen LogP contribution in [-0.2, 0) is 14.4 Å². The minimum atomic E-state index is -0.534. The van der Waals surface area contributed by atoms with Crippen LogP contribution in [0.5, 0.6) is 0 Å². The third-order valence-corrected chi connectivity index (χ3v) is 3.89. The van der Waals surface area contributed by atoms with Crippen LogP contribution in [-0.4, -0.2) is 35.2 Å². The van der Waals surface area contributed by atoms with E-state index in [4.69, 9.17) is 0 Å². The van der Waals surface area contributed by atoms with Gasteiger partial charge in [0.15, 0.2) is 0 Å². The van der Waals surface area contributed by atoms with E-state index in [-0.39, 0.29) is 30.2 Å². The van der Waals surface area contributed by atoms with Crippen LogP contribution in [0, 0.1) is 11.8 Å². The molecule has 2 aliphatic rings. The molecule has 3 unspecified atom stereocenters. The Morgan fingerprint density at radius 3 is 2.59 bits per heavy atom. The summed E-state index contributed by atoms with van der Waals surface area (Å²) < 4.78 is 0. The van der Waals surface area contributed by atoms with Crippen molar-refractivity contribution in [3.05, 3.63) is 0 Å². The number of hydrogen-bond acceptors (Lipinski definition) is 3. The molecule has 1 aliphatic heterocycles. The molecule has 0 bridgehead atoms. The molecule has 1 saturated carbocycles. The summed E-state index contributed by atoms with van der Waals surface area (Å²) in [5.74, 6) is -0.455. The Balaban J connectivity index is 2.12. The SMILES string of the molecule is CC1CCCC1C(=O)N1CC(=O)NC(=O)C1C. The number of carbonyl (C=O) groups is 3. The van der Waals surface area contributed by atoms with E-state index in [9.17, 15) is 14.4 Å². The molecule has 5 nitrogen and oxygen atoms in total. The first kappa shape index (κ1) is 12.1. The fourth-order valence-electron chi connectivity index (χ4n) is 2.71. The van der Waals surface area contributed by atoms with Gasteiger partial charge in [0.25, 0.3) is 0 Å². The van der Waals surface area contributed by atoms with Crippen LogP contribution in [0.25, 0.3) is 0 Å². The van der Waals surface area contributed by atoms with Gasteiger partial charge < -0.3 is 4.90 Å². The average molecular weight is 238 g/mol. The van der Waals surface area contributed by atoms with Crippen LogP contribution in [0.15, 0.2) is 0 Å². The standard InChI is InChI=1S/C12H18N2O3/c1-7-4-3-5-9(7)12(17)14-6-10(15)13-11(16)8(14)2/h7-9H,3-6H2,1-2H3,(H,13,15,16). The Kier molecular flexibility index (Phi) is 3.17. The molecule has 0 aromatic rings. The third-order valence-electron chi connectivity index (χ3n) is 3.89. The van der Waals surface area contributed by atoms with Crippen molar-refractivity contribution in [3.8, 4) is 0 Å². The Hall–Kier alpha value is -1.39. The summed E-state index contributed by atoms with van der Waals surface area (Å²) in [5, 5.41) is 2.24. The molecular weight excluding hydrogens is 220 g/mol. The third kappa shape index (κ3) is 2.18. The van der Waals surface area contributed by atoms with Crippen LogP contribution >= 0.6 is 0 Å². The van der Waals surface area contributed by atoms with Gasteiger partial charge in [-0.15, -0.1) is 0 Å². The lowest BCUT2D eigenvalue weighted by Crippen LogP contribution is -2.59. The molecule has 94 valence electrons. The molecule has 5 heteroatoms. The Bertz CT molecular complexity index is 367. The lowest BCUT2D eigenvalue weighted by molar-refractivity contribution is -0.152. The smallest absolute Gasteiger partial charge is 0.249 e. The Morgan fingerprint density at radius 1 is 1.29 bits per heavy atom. The summed E-state index contributed by atoms with van der Waals surface area (Å²) in [6, 6.07) is -0.534. The molecule has 3 atom stereocenters. The van der Waals surface area contributed by atoms with Crippen LogP contribution in [0.2, 0.25) is 0 Å². The zero-order valence-electron chi connectivity index (χ0n) is 10.2. The average Bonchev–Trinajstić information content (AvgIpc) is 2.69. The summed E-state index contributed by atoms with van der Waals surface area (Å²) in [6.45, 7) is 3.74. The number of nitrogens with one attached hydrogen (secondary N) is 1. The number of hydrogen-bond donors (Lipinski definition) is 1. The van der Waals surface area contributed by atoms with Crippen LogP contribution in [0.1, 0.15) is 33.1 Å². The number of nitrogens with zero attached hydrogens (tertiary/aromatic N) is 1. The minimum absolute atomic E-state index is 0.00889. The van der Waals surface area contributed by atoms with Gasteiger partial charge in [-0.05, 0) is 25.7 Å². The van der Waals surface area contributed by atoms with E-state index in [1.165, 1.54) is 4.90 Å². The van der Waals surface area contributed by atoms with Crippen LogP contribution < -0.4 is 5.32 Å². The van der Waals surface area contributed by atoms with E-state index in [1.807, 2.05) is 0 Å². The van der Waals surface area contributed by atoms with E-state index in [0.29, 0.717) is 5.92 Å². The van der Waals surface area contributed by atoms with Gasteiger partial charge >= 0.3 is 0 Å². The number of amides is 3. The van der Waals surface area contributed by atoms with Crippen molar-refractivity contribution in [1.82, 2.24) is 10.2 Å². The van der Waals surface area contributed by atoms with Crippen molar-refractivity contribution >= 4 is 17.7 Å². The zero-order valence-corrected chi connectivity index (χ0v) is 10.2. The van der Waals surface area contributed by atoms with Crippen molar-refractivity contribution < 1.29 is 14.4 Å². The molecule has 2 fully saturated rings. The van der Waals surface area contributed by atoms with Crippen molar-refractivity contribution in [2.75, 3.05) is 6.54 Å². The van der Waals surface area contributed by atoms with Crippen LogP contribution in [0.3, 0.4) is 0 Å². The second kappa shape index (κ2) is 4.47. The molecule has 0 aromatic heterocycles. The summed E-state index contributed by atoms with van der Waals surface area (Å²) >= 11 is 0. The molecule has 0 spiro atoms. The van der Waals surface area contributed by atoms with Gasteiger partial charge in [0.1, 0.15) is 12.6 Å². The molecular formula is C12H18N2O3. The second-order valence-electron chi connectivity index (χ2n) is 5.07. The van der Waals surface area contributed by atoms with Gasteiger partial charge in [0, 0.05) is 5.92 Å². The van der Waals surface area contributed by atoms with E-state index >= 15 is 0 Å². The maximum absolute atomic E-state index is 12.3. The summed E-state index contributed by atoms with van der Waals surface area (Å²) in [5.41, 5.74) is 0. The lowest BCUT2D eigenvalue weighted by Gasteiger charge is -2.34. The van der Waals surface area contributed by atoms with Crippen molar-refractivity contribution in [3.63, 3.8) is 0 Å². The van der Waals surface area contributed by atoms with Gasteiger partial charge in [0.2, 0.25) is 17.7 Å². The van der Waals surface area contributed by atoms with Crippen molar-refractivity contribution in [2.45, 2.75) is 39.2 Å². The predicted molar refractivity (Wildman–Crippen MR) is 60.8 cm³/mol. The van der Waals surface area contributed by atoms with E-state index < -0.39 is 6.04 Å². The fourth-order valence-corrected chi connectivity index (χ4v) is 2.71. The predicted octanol–water partition coefficient (Wildman–Crippen LogP) is 0.296. The number of piperazine rings is 1. The summed E-state index contributed by atoms with van der Waals surface area (Å²) in [6.07, 6.45) is 2.98. The second-order valence-corrected chi connectivity index (χ2v) is 5.07. The lowest BCUT2D eigenvalue weighted by atomic mass is 9.95. The summed E-state index contributed by atoms with van der Waals surface area (Å²) in [4.78, 5) is 36.5. The number of carbonyl (C=O) groups excluding carboxylic acids is 3. The summed E-state index contributed by atoms with van der Waals surface area (Å²) in [7, 11) is 0.